The minimum atomic E-state index is 0.439. The summed E-state index contributed by atoms with van der Waals surface area (Å²) < 4.78 is 6.09. The van der Waals surface area contributed by atoms with Crippen LogP contribution in [0.3, 0.4) is 0 Å². The van der Waals surface area contributed by atoms with Crippen LogP contribution in [0.25, 0.3) is 28.9 Å². The standard InChI is InChI=1S/C20H14Se2/c1-3-7-15(8-4-1)17-11-13-19(21-17)20-14-12-18(22-20)16-9-5-2-6-10-16/h1-14H. The fourth-order valence-electron chi connectivity index (χ4n) is 2.46. The zero-order valence-corrected chi connectivity index (χ0v) is 15.3. The van der Waals surface area contributed by atoms with Crippen LogP contribution in [0.5, 0.6) is 0 Å². The SMILES string of the molecule is c1ccc(-c2ccc(-c3ccc(-c4ccccc4)[se]3)[se]2)cc1. The Balaban J connectivity index is 1.66. The van der Waals surface area contributed by atoms with Crippen molar-refractivity contribution in [3.63, 3.8) is 0 Å². The third-order valence-electron chi connectivity index (χ3n) is 3.57. The van der Waals surface area contributed by atoms with Gasteiger partial charge in [-0.25, -0.2) is 0 Å². The van der Waals surface area contributed by atoms with E-state index in [-0.39, 0.29) is 0 Å². The Bertz CT molecular complexity index is 794. The van der Waals surface area contributed by atoms with Gasteiger partial charge in [-0.1, -0.05) is 0 Å². The van der Waals surface area contributed by atoms with Gasteiger partial charge < -0.3 is 0 Å². The summed E-state index contributed by atoms with van der Waals surface area (Å²) in [7, 11) is 0. The maximum absolute atomic E-state index is 2.33. The van der Waals surface area contributed by atoms with E-state index < -0.39 is 0 Å². The molecular weight excluding hydrogens is 398 g/mol. The normalized spacial score (nSPS) is 10.7. The molecule has 0 N–H and O–H groups in total. The molecule has 0 saturated heterocycles. The summed E-state index contributed by atoms with van der Waals surface area (Å²) in [6.07, 6.45) is 0. The van der Waals surface area contributed by atoms with Crippen LogP contribution in [0, 0.1) is 0 Å². The predicted octanol–water partition coefficient (Wildman–Crippen LogP) is 4.80. The maximum atomic E-state index is 2.33. The number of hydrogen-bond acceptors (Lipinski definition) is 0. The second-order valence-corrected chi connectivity index (χ2v) is 9.61. The molecule has 0 aliphatic rings. The van der Waals surface area contributed by atoms with Crippen LogP contribution in [-0.4, -0.2) is 29.0 Å². The molecule has 0 aliphatic heterocycles. The van der Waals surface area contributed by atoms with Crippen molar-refractivity contribution in [2.75, 3.05) is 0 Å². The summed E-state index contributed by atoms with van der Waals surface area (Å²) >= 11 is 0.879. The Morgan fingerprint density at radius 2 is 0.727 bits per heavy atom. The van der Waals surface area contributed by atoms with Crippen molar-refractivity contribution in [1.82, 2.24) is 0 Å². The van der Waals surface area contributed by atoms with Crippen LogP contribution in [0.15, 0.2) is 84.9 Å². The molecule has 0 atom stereocenters. The first-order valence-electron chi connectivity index (χ1n) is 7.21. The zero-order chi connectivity index (χ0) is 14.8. The fourth-order valence-corrected chi connectivity index (χ4v) is 7.27. The van der Waals surface area contributed by atoms with Gasteiger partial charge in [0.05, 0.1) is 0 Å². The molecule has 0 bridgehead atoms. The van der Waals surface area contributed by atoms with Gasteiger partial charge in [-0.15, -0.1) is 0 Å². The first kappa shape index (κ1) is 14.1. The van der Waals surface area contributed by atoms with Gasteiger partial charge in [0.2, 0.25) is 0 Å². The van der Waals surface area contributed by atoms with E-state index in [0.29, 0.717) is 29.0 Å². The fraction of sp³-hybridized carbons (Fsp3) is 0. The van der Waals surface area contributed by atoms with Gasteiger partial charge in [0.1, 0.15) is 0 Å². The zero-order valence-electron chi connectivity index (χ0n) is 11.9. The molecule has 4 aromatic rings. The van der Waals surface area contributed by atoms with Gasteiger partial charge in [-0.05, 0) is 0 Å². The van der Waals surface area contributed by atoms with Gasteiger partial charge >= 0.3 is 143 Å². The van der Waals surface area contributed by atoms with E-state index in [1.54, 1.807) is 8.87 Å². The molecule has 22 heavy (non-hydrogen) atoms. The summed E-state index contributed by atoms with van der Waals surface area (Å²) in [6, 6.07) is 30.8. The van der Waals surface area contributed by atoms with E-state index in [0.717, 1.165) is 0 Å². The van der Waals surface area contributed by atoms with E-state index in [4.69, 9.17) is 0 Å². The molecule has 0 nitrogen and oxygen atoms in total. The van der Waals surface area contributed by atoms with Crippen LogP contribution < -0.4 is 0 Å². The first-order valence-corrected chi connectivity index (χ1v) is 10.6. The Labute approximate surface area is 142 Å². The molecule has 2 heterocycles. The Hall–Kier alpha value is -1.56. The summed E-state index contributed by atoms with van der Waals surface area (Å²) in [6.45, 7) is 0. The van der Waals surface area contributed by atoms with Gasteiger partial charge in [-0.2, -0.15) is 0 Å². The van der Waals surface area contributed by atoms with E-state index in [2.05, 4.69) is 84.9 Å². The monoisotopic (exact) mass is 414 g/mol. The molecule has 4 rings (SSSR count). The molecule has 2 aromatic carbocycles. The van der Waals surface area contributed by atoms with Crippen molar-refractivity contribution in [2.24, 2.45) is 0 Å². The number of rotatable bonds is 3. The van der Waals surface area contributed by atoms with Gasteiger partial charge in [-0.3, -0.25) is 0 Å². The number of benzene rings is 2. The quantitative estimate of drug-likeness (QED) is 0.424. The topological polar surface area (TPSA) is 0 Å². The second kappa shape index (κ2) is 6.28. The van der Waals surface area contributed by atoms with Crippen molar-refractivity contribution in [1.29, 1.82) is 0 Å². The number of hydrogen-bond donors (Lipinski definition) is 0. The molecule has 0 amide bonds. The average Bonchev–Trinajstić information content (AvgIpc) is 3.26. The summed E-state index contributed by atoms with van der Waals surface area (Å²) in [5, 5.41) is 0. The van der Waals surface area contributed by atoms with Crippen molar-refractivity contribution < 1.29 is 0 Å². The first-order chi connectivity index (χ1) is 10.9. The van der Waals surface area contributed by atoms with Crippen LogP contribution >= 0.6 is 0 Å². The van der Waals surface area contributed by atoms with Crippen molar-refractivity contribution >= 4 is 29.0 Å². The van der Waals surface area contributed by atoms with Crippen molar-refractivity contribution in [2.45, 2.75) is 0 Å². The molecule has 2 aromatic heterocycles. The molecule has 0 unspecified atom stereocenters. The van der Waals surface area contributed by atoms with E-state index >= 15 is 0 Å². The molecule has 0 spiro atoms. The molecular formula is C20H14Se2. The van der Waals surface area contributed by atoms with Crippen LogP contribution in [-0.2, 0) is 0 Å². The molecule has 0 radical (unpaired) electrons. The summed E-state index contributed by atoms with van der Waals surface area (Å²) in [5.41, 5.74) is 2.74. The van der Waals surface area contributed by atoms with Gasteiger partial charge in [0, 0.05) is 0 Å². The third kappa shape index (κ3) is 2.84. The molecule has 0 fully saturated rings. The summed E-state index contributed by atoms with van der Waals surface area (Å²) in [5.74, 6) is 0. The average molecular weight is 412 g/mol. The van der Waals surface area contributed by atoms with Gasteiger partial charge in [0.15, 0.2) is 0 Å². The Morgan fingerprint density at radius 3 is 1.14 bits per heavy atom. The third-order valence-corrected chi connectivity index (χ3v) is 9.13. The van der Waals surface area contributed by atoms with E-state index in [1.165, 1.54) is 20.0 Å². The molecule has 0 aliphatic carbocycles. The van der Waals surface area contributed by atoms with Crippen molar-refractivity contribution in [3.8, 4) is 28.9 Å². The van der Waals surface area contributed by atoms with Crippen LogP contribution in [0.2, 0.25) is 0 Å². The predicted molar refractivity (Wildman–Crippen MR) is 96.6 cm³/mol. The van der Waals surface area contributed by atoms with Crippen LogP contribution in [0.4, 0.5) is 0 Å². The second-order valence-electron chi connectivity index (χ2n) is 5.06. The van der Waals surface area contributed by atoms with Gasteiger partial charge in [0.25, 0.3) is 0 Å². The summed E-state index contributed by atoms with van der Waals surface area (Å²) in [4.78, 5) is 0. The van der Waals surface area contributed by atoms with E-state index in [9.17, 15) is 0 Å². The Kier molecular flexibility index (Phi) is 4.01. The van der Waals surface area contributed by atoms with Crippen LogP contribution in [0.1, 0.15) is 0 Å². The molecule has 0 saturated carbocycles. The molecule has 106 valence electrons. The molecule has 2 heteroatoms. The van der Waals surface area contributed by atoms with Crippen molar-refractivity contribution in [3.05, 3.63) is 84.9 Å². The Morgan fingerprint density at radius 1 is 0.364 bits per heavy atom. The minimum absolute atomic E-state index is 0.439. The van der Waals surface area contributed by atoms with E-state index in [1.807, 2.05) is 0 Å².